The van der Waals surface area contributed by atoms with Gasteiger partial charge in [-0.05, 0) is 12.1 Å². The van der Waals surface area contributed by atoms with Crippen LogP contribution in [0.1, 0.15) is 12.7 Å². The zero-order valence-electron chi connectivity index (χ0n) is 6.36. The van der Waals surface area contributed by atoms with Gasteiger partial charge in [0.2, 0.25) is 0 Å². The maximum Gasteiger partial charge on any atom is 0.155 e. The highest BCUT2D eigenvalue weighted by Crippen LogP contribution is 1.99. The van der Waals surface area contributed by atoms with Gasteiger partial charge in [0.1, 0.15) is 0 Å². The molecule has 0 unspecified atom stereocenters. The molecule has 0 bridgehead atoms. The molecule has 0 aliphatic heterocycles. The molecule has 0 spiro atoms. The van der Waals surface area contributed by atoms with Crippen molar-refractivity contribution in [2.75, 3.05) is 0 Å². The van der Waals surface area contributed by atoms with Crippen LogP contribution in [0.5, 0.6) is 0 Å². The number of nitrogens with zero attached hydrogens (tertiary/aromatic N) is 3. The molecule has 2 aromatic rings. The summed E-state index contributed by atoms with van der Waals surface area (Å²) in [5.74, 6) is 0.899. The van der Waals surface area contributed by atoms with Crippen molar-refractivity contribution in [2.45, 2.75) is 13.3 Å². The molecule has 0 atom stereocenters. The topological polar surface area (TPSA) is 30.2 Å². The van der Waals surface area contributed by atoms with Crippen LogP contribution in [0.25, 0.3) is 5.65 Å². The van der Waals surface area contributed by atoms with E-state index in [0.717, 1.165) is 17.9 Å². The second kappa shape index (κ2) is 2.34. The Morgan fingerprint density at radius 2 is 2.36 bits per heavy atom. The van der Waals surface area contributed by atoms with E-state index in [1.54, 1.807) is 4.52 Å². The molecule has 0 N–H and O–H groups in total. The Bertz CT molecular complexity index is 331. The van der Waals surface area contributed by atoms with Crippen LogP contribution in [0, 0.1) is 0 Å². The van der Waals surface area contributed by atoms with Crippen LogP contribution in [0.4, 0.5) is 0 Å². The van der Waals surface area contributed by atoms with E-state index in [-0.39, 0.29) is 0 Å². The lowest BCUT2D eigenvalue weighted by atomic mass is 10.5. The molecule has 3 heteroatoms. The first kappa shape index (κ1) is 6.34. The van der Waals surface area contributed by atoms with E-state index >= 15 is 0 Å². The minimum absolute atomic E-state index is 0.891. The lowest BCUT2D eigenvalue weighted by molar-refractivity contribution is 0.886. The largest absolute Gasteiger partial charge is 0.221 e. The Labute approximate surface area is 64.7 Å². The summed E-state index contributed by atoms with van der Waals surface area (Å²) in [7, 11) is 0. The summed E-state index contributed by atoms with van der Waals surface area (Å²) in [5.41, 5.74) is 0.921. The lowest BCUT2D eigenvalue weighted by Gasteiger charge is -1.84. The molecule has 2 rings (SSSR count). The second-order valence-electron chi connectivity index (χ2n) is 2.38. The van der Waals surface area contributed by atoms with Gasteiger partial charge in [-0.15, -0.1) is 0 Å². The van der Waals surface area contributed by atoms with E-state index in [9.17, 15) is 0 Å². The average molecular weight is 147 g/mol. The highest BCUT2D eigenvalue weighted by Gasteiger charge is 1.97. The number of aromatic nitrogens is 3. The molecule has 0 amide bonds. The van der Waals surface area contributed by atoms with Gasteiger partial charge in [0.25, 0.3) is 0 Å². The van der Waals surface area contributed by atoms with Crippen LogP contribution in [-0.4, -0.2) is 14.6 Å². The monoisotopic (exact) mass is 147 g/mol. The van der Waals surface area contributed by atoms with Gasteiger partial charge in [-0.3, -0.25) is 0 Å². The molecule has 0 aliphatic carbocycles. The lowest BCUT2D eigenvalue weighted by Crippen LogP contribution is -1.85. The standard InChI is InChI=1S/C8H9N3/c1-2-7-9-8-5-3-4-6-11(8)10-7/h3-6H,2H2,1H3. The number of hydrogen-bond donors (Lipinski definition) is 0. The summed E-state index contributed by atoms with van der Waals surface area (Å²) in [6, 6.07) is 5.86. The molecule has 56 valence electrons. The second-order valence-corrected chi connectivity index (χ2v) is 2.38. The van der Waals surface area contributed by atoms with Crippen molar-refractivity contribution in [3.63, 3.8) is 0 Å². The van der Waals surface area contributed by atoms with Gasteiger partial charge in [-0.1, -0.05) is 13.0 Å². The van der Waals surface area contributed by atoms with Crippen molar-refractivity contribution in [1.82, 2.24) is 14.6 Å². The highest BCUT2D eigenvalue weighted by atomic mass is 15.3. The fraction of sp³-hybridized carbons (Fsp3) is 0.250. The van der Waals surface area contributed by atoms with Crippen LogP contribution in [0.2, 0.25) is 0 Å². The first-order chi connectivity index (χ1) is 5.40. The summed E-state index contributed by atoms with van der Waals surface area (Å²) >= 11 is 0. The number of aryl methyl sites for hydroxylation is 1. The molecule has 0 aromatic carbocycles. The smallest absolute Gasteiger partial charge is 0.155 e. The van der Waals surface area contributed by atoms with Crippen molar-refractivity contribution in [1.29, 1.82) is 0 Å². The molecular formula is C8H9N3. The number of hydrogen-bond acceptors (Lipinski definition) is 2. The van der Waals surface area contributed by atoms with E-state index in [1.165, 1.54) is 0 Å². The van der Waals surface area contributed by atoms with Crippen molar-refractivity contribution in [3.05, 3.63) is 30.2 Å². The van der Waals surface area contributed by atoms with Crippen LogP contribution in [0.3, 0.4) is 0 Å². The highest BCUT2D eigenvalue weighted by molar-refractivity contribution is 5.36. The van der Waals surface area contributed by atoms with E-state index in [1.807, 2.05) is 24.4 Å². The van der Waals surface area contributed by atoms with Crippen molar-refractivity contribution in [2.24, 2.45) is 0 Å². The molecule has 0 fully saturated rings. The summed E-state index contributed by atoms with van der Waals surface area (Å²) in [6.45, 7) is 2.05. The number of pyridine rings is 1. The quantitative estimate of drug-likeness (QED) is 0.608. The fourth-order valence-corrected chi connectivity index (χ4v) is 1.03. The summed E-state index contributed by atoms with van der Waals surface area (Å²) in [6.07, 6.45) is 2.79. The zero-order chi connectivity index (χ0) is 7.68. The third-order valence-corrected chi connectivity index (χ3v) is 1.60. The Morgan fingerprint density at radius 1 is 1.45 bits per heavy atom. The minimum atomic E-state index is 0.891. The maximum absolute atomic E-state index is 4.28. The van der Waals surface area contributed by atoms with Gasteiger partial charge in [-0.2, -0.15) is 5.10 Å². The molecule has 2 aromatic heterocycles. The predicted molar refractivity (Wildman–Crippen MR) is 42.4 cm³/mol. The first-order valence-corrected chi connectivity index (χ1v) is 3.70. The van der Waals surface area contributed by atoms with Crippen molar-refractivity contribution in [3.8, 4) is 0 Å². The molecule has 0 saturated carbocycles. The normalized spacial score (nSPS) is 10.6. The minimum Gasteiger partial charge on any atom is -0.221 e. The van der Waals surface area contributed by atoms with E-state index < -0.39 is 0 Å². The van der Waals surface area contributed by atoms with Crippen molar-refractivity contribution < 1.29 is 0 Å². The number of fused-ring (bicyclic) bond motifs is 1. The third kappa shape index (κ3) is 0.981. The molecule has 0 saturated heterocycles. The van der Waals surface area contributed by atoms with Gasteiger partial charge in [0.05, 0.1) is 0 Å². The molecule has 11 heavy (non-hydrogen) atoms. The molecule has 3 nitrogen and oxygen atoms in total. The summed E-state index contributed by atoms with van der Waals surface area (Å²) < 4.78 is 1.79. The SMILES string of the molecule is CCc1nc2ccccn2n1. The molecule has 0 aliphatic rings. The van der Waals surface area contributed by atoms with Crippen LogP contribution < -0.4 is 0 Å². The average Bonchev–Trinajstić information content (AvgIpc) is 2.46. The Balaban J connectivity index is 2.69. The first-order valence-electron chi connectivity index (χ1n) is 3.70. The molecular weight excluding hydrogens is 138 g/mol. The fourth-order valence-electron chi connectivity index (χ4n) is 1.03. The van der Waals surface area contributed by atoms with E-state index in [0.29, 0.717) is 0 Å². The maximum atomic E-state index is 4.28. The van der Waals surface area contributed by atoms with Gasteiger partial charge < -0.3 is 0 Å². The Hall–Kier alpha value is -1.38. The van der Waals surface area contributed by atoms with Gasteiger partial charge in [0, 0.05) is 12.6 Å². The van der Waals surface area contributed by atoms with E-state index in [2.05, 4.69) is 17.0 Å². The van der Waals surface area contributed by atoms with Gasteiger partial charge in [-0.25, -0.2) is 9.50 Å². The van der Waals surface area contributed by atoms with Crippen LogP contribution >= 0.6 is 0 Å². The Morgan fingerprint density at radius 3 is 3.09 bits per heavy atom. The van der Waals surface area contributed by atoms with Crippen molar-refractivity contribution >= 4 is 5.65 Å². The van der Waals surface area contributed by atoms with Gasteiger partial charge >= 0.3 is 0 Å². The third-order valence-electron chi connectivity index (χ3n) is 1.60. The molecule has 0 radical (unpaired) electrons. The van der Waals surface area contributed by atoms with Gasteiger partial charge in [0.15, 0.2) is 11.5 Å². The zero-order valence-corrected chi connectivity index (χ0v) is 6.36. The predicted octanol–water partition coefficient (Wildman–Crippen LogP) is 1.29. The number of rotatable bonds is 1. The Kier molecular flexibility index (Phi) is 1.35. The van der Waals surface area contributed by atoms with Crippen LogP contribution in [-0.2, 0) is 6.42 Å². The molecule has 2 heterocycles. The van der Waals surface area contributed by atoms with E-state index in [4.69, 9.17) is 0 Å². The summed E-state index contributed by atoms with van der Waals surface area (Å²) in [5, 5.41) is 4.24. The van der Waals surface area contributed by atoms with Crippen LogP contribution in [0.15, 0.2) is 24.4 Å². The summed E-state index contributed by atoms with van der Waals surface area (Å²) in [4.78, 5) is 4.28.